The zero-order valence-electron chi connectivity index (χ0n) is 9.74. The molecule has 3 nitrogen and oxygen atoms in total. The first-order valence-corrected chi connectivity index (χ1v) is 6.89. The third kappa shape index (κ3) is 4.46. The maximum Gasteiger partial charge on any atom is 0.175 e. The van der Waals surface area contributed by atoms with Crippen LogP contribution in [0.4, 0.5) is 4.39 Å². The minimum atomic E-state index is -3.38. The van der Waals surface area contributed by atoms with Crippen molar-refractivity contribution in [3.8, 4) is 0 Å². The van der Waals surface area contributed by atoms with Gasteiger partial charge in [0, 0.05) is 24.0 Å². The second-order valence-electron chi connectivity index (χ2n) is 3.05. The van der Waals surface area contributed by atoms with E-state index >= 15 is 0 Å². The number of aliphatic hydroxyl groups excluding tert-OH is 1. The van der Waals surface area contributed by atoms with Gasteiger partial charge in [-0.2, -0.15) is 0 Å². The maximum absolute atomic E-state index is 13.4. The van der Waals surface area contributed by atoms with Crippen LogP contribution in [0.1, 0.15) is 12.5 Å². The Labute approximate surface area is 105 Å². The normalized spacial score (nSPS) is 11.8. The number of allylic oxidation sites excluding steroid dienone is 1. The van der Waals surface area contributed by atoms with Gasteiger partial charge in [-0.25, -0.2) is 12.8 Å². The highest BCUT2D eigenvalue weighted by molar-refractivity contribution is 7.90. The Kier molecular flexibility index (Phi) is 6.37. The summed E-state index contributed by atoms with van der Waals surface area (Å²) >= 11 is 5.73. The van der Waals surface area contributed by atoms with Crippen LogP contribution in [0.15, 0.2) is 29.2 Å². The molecule has 1 rings (SSSR count). The van der Waals surface area contributed by atoms with Crippen LogP contribution in [0.25, 0.3) is 5.03 Å². The third-order valence-corrected chi connectivity index (χ3v) is 3.41. The lowest BCUT2D eigenvalue weighted by Crippen LogP contribution is -1.98. The largest absolute Gasteiger partial charge is 0.400 e. The van der Waals surface area contributed by atoms with Crippen LogP contribution in [0.3, 0.4) is 0 Å². The Morgan fingerprint density at radius 1 is 1.41 bits per heavy atom. The molecule has 17 heavy (non-hydrogen) atoms. The van der Waals surface area contributed by atoms with Crippen molar-refractivity contribution < 1.29 is 17.9 Å². The number of hydrogen-bond acceptors (Lipinski definition) is 3. The Morgan fingerprint density at radius 2 is 1.94 bits per heavy atom. The van der Waals surface area contributed by atoms with Gasteiger partial charge in [-0.3, -0.25) is 0 Å². The van der Waals surface area contributed by atoms with Crippen LogP contribution in [0.2, 0.25) is 0 Å². The van der Waals surface area contributed by atoms with Gasteiger partial charge >= 0.3 is 0 Å². The average molecular weight is 281 g/mol. The van der Waals surface area contributed by atoms with Crippen LogP contribution in [-0.2, 0) is 9.84 Å². The smallest absolute Gasteiger partial charge is 0.175 e. The summed E-state index contributed by atoms with van der Waals surface area (Å²) in [4.78, 5) is -0.0516. The number of halogens is 2. The van der Waals surface area contributed by atoms with E-state index in [-0.39, 0.29) is 15.5 Å². The van der Waals surface area contributed by atoms with E-state index in [2.05, 4.69) is 0 Å². The fraction of sp³-hybridized carbons (Fsp3) is 0.273. The van der Waals surface area contributed by atoms with Crippen LogP contribution < -0.4 is 0 Å². The van der Waals surface area contributed by atoms with Gasteiger partial charge in [-0.1, -0.05) is 17.7 Å². The maximum atomic E-state index is 13.4. The van der Waals surface area contributed by atoms with Crippen molar-refractivity contribution in [1.82, 2.24) is 0 Å². The number of rotatable bonds is 2. The van der Waals surface area contributed by atoms with E-state index in [9.17, 15) is 12.8 Å². The fourth-order valence-corrected chi connectivity index (χ4v) is 1.86. The number of aliphatic hydroxyl groups is 1. The lowest BCUT2D eigenvalue weighted by atomic mass is 10.2. The summed E-state index contributed by atoms with van der Waals surface area (Å²) in [5, 5.41) is 7.26. The van der Waals surface area contributed by atoms with Crippen molar-refractivity contribution in [2.75, 3.05) is 13.4 Å². The van der Waals surface area contributed by atoms with E-state index in [0.29, 0.717) is 0 Å². The Bertz CT molecular complexity index is 509. The average Bonchev–Trinajstić information content (AvgIpc) is 2.29. The van der Waals surface area contributed by atoms with Gasteiger partial charge in [0.25, 0.3) is 0 Å². The first-order valence-electron chi connectivity index (χ1n) is 4.62. The molecule has 0 aromatic heterocycles. The first-order chi connectivity index (χ1) is 7.86. The molecular weight excluding hydrogens is 267 g/mol. The van der Waals surface area contributed by atoms with Gasteiger partial charge in [0.05, 0.1) is 4.90 Å². The van der Waals surface area contributed by atoms with Crippen LogP contribution >= 0.6 is 11.6 Å². The highest BCUT2D eigenvalue weighted by atomic mass is 35.5. The predicted octanol–water partition coefficient (Wildman–Crippen LogP) is 2.44. The van der Waals surface area contributed by atoms with Gasteiger partial charge in [-0.15, -0.1) is 0 Å². The van der Waals surface area contributed by atoms with Gasteiger partial charge in [0.15, 0.2) is 9.84 Å². The van der Waals surface area contributed by atoms with Gasteiger partial charge in [-0.05, 0) is 25.1 Å². The molecule has 0 spiro atoms. The summed E-state index contributed by atoms with van der Waals surface area (Å²) in [6, 6.07) is 3.66. The molecule has 0 fully saturated rings. The quantitative estimate of drug-likeness (QED) is 0.905. The highest BCUT2D eigenvalue weighted by Gasteiger charge is 2.12. The first kappa shape index (κ1) is 16.1. The molecule has 0 radical (unpaired) electrons. The monoisotopic (exact) mass is 280 g/mol. The highest BCUT2D eigenvalue weighted by Crippen LogP contribution is 2.24. The summed E-state index contributed by atoms with van der Waals surface area (Å²) in [6.45, 7) is 1.67. The standard InChI is InChI=1S/C10H10ClFO2S.CH4O/c1-3-9(11)8-5-4-7(6-10(8)12)15(2,13)14;1-2/h3-6H,1-2H3;2H,1H3/b9-3-;. The molecule has 1 N–H and O–H groups in total. The topological polar surface area (TPSA) is 54.4 Å². The number of hydrogen-bond donors (Lipinski definition) is 1. The van der Waals surface area contributed by atoms with E-state index in [4.69, 9.17) is 16.7 Å². The molecule has 0 unspecified atom stereocenters. The van der Waals surface area contributed by atoms with Crippen molar-refractivity contribution in [3.05, 3.63) is 35.7 Å². The predicted molar refractivity (Wildman–Crippen MR) is 67.2 cm³/mol. The molecule has 0 saturated carbocycles. The van der Waals surface area contributed by atoms with Crippen molar-refractivity contribution in [2.24, 2.45) is 0 Å². The van der Waals surface area contributed by atoms with E-state index in [1.807, 2.05) is 0 Å². The molecule has 0 saturated heterocycles. The van der Waals surface area contributed by atoms with Crippen molar-refractivity contribution in [1.29, 1.82) is 0 Å². The second kappa shape index (κ2) is 6.74. The summed E-state index contributed by atoms with van der Waals surface area (Å²) in [5.41, 5.74) is 0.201. The van der Waals surface area contributed by atoms with Gasteiger partial charge in [0.1, 0.15) is 5.82 Å². The van der Waals surface area contributed by atoms with Crippen LogP contribution in [0, 0.1) is 5.82 Å². The van der Waals surface area contributed by atoms with Crippen molar-refractivity contribution in [3.63, 3.8) is 0 Å². The second-order valence-corrected chi connectivity index (χ2v) is 5.47. The van der Waals surface area contributed by atoms with Gasteiger partial charge < -0.3 is 5.11 Å². The Hall–Kier alpha value is -0.910. The third-order valence-electron chi connectivity index (χ3n) is 1.88. The van der Waals surface area contributed by atoms with Crippen molar-refractivity contribution in [2.45, 2.75) is 11.8 Å². The lowest BCUT2D eigenvalue weighted by molar-refractivity contribution is 0.399. The SMILES string of the molecule is C/C=C(\Cl)c1ccc(S(C)(=O)=O)cc1F.CO. The molecule has 0 amide bonds. The molecule has 0 heterocycles. The minimum Gasteiger partial charge on any atom is -0.400 e. The Balaban J connectivity index is 0.00000121. The van der Waals surface area contributed by atoms with E-state index in [1.54, 1.807) is 13.0 Å². The minimum absolute atomic E-state index is 0.0516. The molecule has 6 heteroatoms. The van der Waals surface area contributed by atoms with E-state index in [1.165, 1.54) is 12.1 Å². The molecule has 0 aliphatic heterocycles. The lowest BCUT2D eigenvalue weighted by Gasteiger charge is -2.03. The molecule has 1 aromatic rings. The Morgan fingerprint density at radius 3 is 2.29 bits per heavy atom. The molecule has 0 atom stereocenters. The molecular formula is C11H14ClFO3S. The summed E-state index contributed by atoms with van der Waals surface area (Å²) in [5.74, 6) is -0.638. The molecule has 96 valence electrons. The molecule has 0 aliphatic carbocycles. The number of sulfone groups is 1. The summed E-state index contributed by atoms with van der Waals surface area (Å²) < 4.78 is 35.7. The number of benzene rings is 1. The van der Waals surface area contributed by atoms with E-state index < -0.39 is 15.7 Å². The van der Waals surface area contributed by atoms with Crippen molar-refractivity contribution >= 4 is 26.5 Å². The van der Waals surface area contributed by atoms with Crippen LogP contribution in [0.5, 0.6) is 0 Å². The molecule has 0 bridgehead atoms. The van der Waals surface area contributed by atoms with E-state index in [0.717, 1.165) is 19.4 Å². The van der Waals surface area contributed by atoms with Crippen LogP contribution in [-0.4, -0.2) is 26.9 Å². The molecule has 0 aliphatic rings. The fourth-order valence-electron chi connectivity index (χ4n) is 1.08. The van der Waals surface area contributed by atoms with Gasteiger partial charge in [0.2, 0.25) is 0 Å². The molecule has 1 aromatic carbocycles. The zero-order chi connectivity index (χ0) is 13.6. The summed E-state index contributed by atoms with van der Waals surface area (Å²) in [6.07, 6.45) is 2.57. The summed E-state index contributed by atoms with van der Waals surface area (Å²) in [7, 11) is -2.38. The zero-order valence-corrected chi connectivity index (χ0v) is 11.3.